The van der Waals surface area contributed by atoms with Gasteiger partial charge in [0.25, 0.3) is 0 Å². The fourth-order valence-electron chi connectivity index (χ4n) is 1.90. The molecule has 0 aliphatic carbocycles. The van der Waals surface area contributed by atoms with Crippen LogP contribution in [0.4, 0.5) is 0 Å². The minimum Gasteiger partial charge on any atom is -0.366 e. The number of amides is 1. The van der Waals surface area contributed by atoms with Crippen molar-refractivity contribution in [3.8, 4) is 0 Å². The number of primary amides is 1. The van der Waals surface area contributed by atoms with Gasteiger partial charge in [0, 0.05) is 5.56 Å². The van der Waals surface area contributed by atoms with Crippen molar-refractivity contribution < 1.29 is 4.79 Å². The summed E-state index contributed by atoms with van der Waals surface area (Å²) in [4.78, 5) is 11.2. The van der Waals surface area contributed by atoms with Crippen LogP contribution in [0.3, 0.4) is 0 Å². The number of nitrogens with two attached hydrogens (primary N) is 1. The fraction of sp³-hybridized carbons (Fsp3) is 0.500. The molecule has 0 atom stereocenters. The van der Waals surface area contributed by atoms with E-state index in [4.69, 9.17) is 5.73 Å². The molecule has 0 heterocycles. The zero-order valence-electron chi connectivity index (χ0n) is 10.0. The number of rotatable bonds is 7. The van der Waals surface area contributed by atoms with E-state index in [0.717, 1.165) is 18.4 Å². The molecule has 0 aliphatic rings. The maximum Gasteiger partial charge on any atom is 0.248 e. The number of benzene rings is 1. The van der Waals surface area contributed by atoms with Crippen molar-refractivity contribution in [2.45, 2.75) is 45.4 Å². The number of aryl methyl sites for hydroxylation is 1. The number of hydrogen-bond donors (Lipinski definition) is 1. The van der Waals surface area contributed by atoms with Gasteiger partial charge in [0.2, 0.25) is 5.91 Å². The van der Waals surface area contributed by atoms with Crippen LogP contribution in [-0.4, -0.2) is 5.91 Å². The van der Waals surface area contributed by atoms with Gasteiger partial charge in [-0.15, -0.1) is 0 Å². The smallest absolute Gasteiger partial charge is 0.248 e. The Kier molecular flexibility index (Phi) is 5.62. The molecule has 0 radical (unpaired) electrons. The first-order chi connectivity index (χ1) is 7.75. The number of carbonyl (C=O) groups is 1. The molecule has 1 aromatic rings. The van der Waals surface area contributed by atoms with E-state index in [9.17, 15) is 4.79 Å². The monoisotopic (exact) mass is 219 g/mol. The van der Waals surface area contributed by atoms with Crippen molar-refractivity contribution in [2.75, 3.05) is 0 Å². The zero-order valence-corrected chi connectivity index (χ0v) is 10.0. The summed E-state index contributed by atoms with van der Waals surface area (Å²) in [6, 6.07) is 7.64. The first-order valence-electron chi connectivity index (χ1n) is 6.13. The molecule has 0 unspecified atom stereocenters. The molecule has 0 aliphatic heterocycles. The van der Waals surface area contributed by atoms with Crippen molar-refractivity contribution in [3.05, 3.63) is 35.4 Å². The molecule has 0 saturated carbocycles. The Labute approximate surface area is 97.9 Å². The van der Waals surface area contributed by atoms with Gasteiger partial charge < -0.3 is 5.73 Å². The normalized spacial score (nSPS) is 10.3. The average molecular weight is 219 g/mol. The van der Waals surface area contributed by atoms with E-state index >= 15 is 0 Å². The lowest BCUT2D eigenvalue weighted by atomic mass is 10.0. The van der Waals surface area contributed by atoms with Gasteiger partial charge in [-0.1, -0.05) is 50.8 Å². The highest BCUT2D eigenvalue weighted by molar-refractivity contribution is 5.94. The van der Waals surface area contributed by atoms with Crippen LogP contribution in [0, 0.1) is 0 Å². The molecule has 0 spiro atoms. The minimum atomic E-state index is -0.316. The SMILES string of the molecule is CCCCCCCc1ccccc1C(N)=O. The van der Waals surface area contributed by atoms with Crippen LogP contribution in [0.15, 0.2) is 24.3 Å². The van der Waals surface area contributed by atoms with Crippen molar-refractivity contribution >= 4 is 5.91 Å². The lowest BCUT2D eigenvalue weighted by molar-refractivity contribution is 0.0999. The summed E-state index contributed by atoms with van der Waals surface area (Å²) in [7, 11) is 0. The van der Waals surface area contributed by atoms with E-state index in [2.05, 4.69) is 6.92 Å². The van der Waals surface area contributed by atoms with E-state index in [-0.39, 0.29) is 5.91 Å². The molecule has 0 aromatic heterocycles. The van der Waals surface area contributed by atoms with Crippen LogP contribution in [0.5, 0.6) is 0 Å². The first kappa shape index (κ1) is 12.8. The summed E-state index contributed by atoms with van der Waals surface area (Å²) in [6.07, 6.45) is 7.19. The van der Waals surface area contributed by atoms with Gasteiger partial charge >= 0.3 is 0 Å². The Balaban J connectivity index is 2.44. The molecule has 0 saturated heterocycles. The predicted octanol–water partition coefficient (Wildman–Crippen LogP) is 3.30. The van der Waals surface area contributed by atoms with Crippen molar-refractivity contribution in [1.29, 1.82) is 0 Å². The summed E-state index contributed by atoms with van der Waals surface area (Å²) in [5.41, 5.74) is 7.10. The molecular weight excluding hydrogens is 198 g/mol. The summed E-state index contributed by atoms with van der Waals surface area (Å²) in [5.74, 6) is -0.316. The minimum absolute atomic E-state index is 0.316. The molecule has 0 fully saturated rings. The Morgan fingerprint density at radius 3 is 2.50 bits per heavy atom. The number of unbranched alkanes of at least 4 members (excludes halogenated alkanes) is 4. The van der Waals surface area contributed by atoms with Crippen LogP contribution in [0.2, 0.25) is 0 Å². The molecule has 0 bridgehead atoms. The van der Waals surface area contributed by atoms with Crippen LogP contribution in [0.25, 0.3) is 0 Å². The fourth-order valence-corrected chi connectivity index (χ4v) is 1.90. The average Bonchev–Trinajstić information content (AvgIpc) is 2.29. The molecule has 1 amide bonds. The summed E-state index contributed by atoms with van der Waals surface area (Å²) in [5, 5.41) is 0. The van der Waals surface area contributed by atoms with Crippen LogP contribution < -0.4 is 5.73 Å². The Bertz CT molecular complexity index is 333. The number of hydrogen-bond acceptors (Lipinski definition) is 1. The van der Waals surface area contributed by atoms with Crippen molar-refractivity contribution in [1.82, 2.24) is 0 Å². The molecule has 16 heavy (non-hydrogen) atoms. The second-order valence-corrected chi connectivity index (χ2v) is 4.19. The van der Waals surface area contributed by atoms with Gasteiger partial charge in [0.15, 0.2) is 0 Å². The summed E-state index contributed by atoms with van der Waals surface area (Å²) < 4.78 is 0. The topological polar surface area (TPSA) is 43.1 Å². The quantitative estimate of drug-likeness (QED) is 0.702. The maximum atomic E-state index is 11.2. The lowest BCUT2D eigenvalue weighted by Gasteiger charge is -2.06. The lowest BCUT2D eigenvalue weighted by Crippen LogP contribution is -2.13. The summed E-state index contributed by atoms with van der Waals surface area (Å²) in [6.45, 7) is 2.21. The predicted molar refractivity (Wildman–Crippen MR) is 67.4 cm³/mol. The van der Waals surface area contributed by atoms with E-state index in [1.54, 1.807) is 0 Å². The van der Waals surface area contributed by atoms with E-state index in [1.807, 2.05) is 24.3 Å². The zero-order chi connectivity index (χ0) is 11.8. The van der Waals surface area contributed by atoms with Gasteiger partial charge in [0.05, 0.1) is 0 Å². The van der Waals surface area contributed by atoms with Gasteiger partial charge in [-0.2, -0.15) is 0 Å². The first-order valence-corrected chi connectivity index (χ1v) is 6.13. The highest BCUT2D eigenvalue weighted by atomic mass is 16.1. The Morgan fingerprint density at radius 2 is 1.81 bits per heavy atom. The highest BCUT2D eigenvalue weighted by Gasteiger charge is 2.05. The third-order valence-corrected chi connectivity index (χ3v) is 2.83. The standard InChI is InChI=1S/C14H21NO/c1-2-3-4-5-6-9-12-10-7-8-11-13(12)14(15)16/h7-8,10-11H,2-6,9H2,1H3,(H2,15,16). The Hall–Kier alpha value is -1.31. The summed E-state index contributed by atoms with van der Waals surface area (Å²) >= 11 is 0. The highest BCUT2D eigenvalue weighted by Crippen LogP contribution is 2.13. The Morgan fingerprint density at radius 1 is 1.12 bits per heavy atom. The van der Waals surface area contributed by atoms with E-state index < -0.39 is 0 Å². The van der Waals surface area contributed by atoms with E-state index in [0.29, 0.717) is 5.56 Å². The van der Waals surface area contributed by atoms with Crippen LogP contribution in [0.1, 0.15) is 54.9 Å². The molecule has 2 heteroatoms. The molecule has 2 N–H and O–H groups in total. The molecule has 2 nitrogen and oxygen atoms in total. The number of carbonyl (C=O) groups excluding carboxylic acids is 1. The molecule has 88 valence electrons. The third-order valence-electron chi connectivity index (χ3n) is 2.83. The molecular formula is C14H21NO. The van der Waals surface area contributed by atoms with Crippen molar-refractivity contribution in [3.63, 3.8) is 0 Å². The maximum absolute atomic E-state index is 11.2. The largest absolute Gasteiger partial charge is 0.366 e. The molecule has 1 aromatic carbocycles. The van der Waals surface area contributed by atoms with Crippen molar-refractivity contribution in [2.24, 2.45) is 5.73 Å². The second kappa shape index (κ2) is 7.04. The van der Waals surface area contributed by atoms with Crippen LogP contribution in [-0.2, 0) is 6.42 Å². The van der Waals surface area contributed by atoms with Gasteiger partial charge in [-0.05, 0) is 24.5 Å². The second-order valence-electron chi connectivity index (χ2n) is 4.19. The van der Waals surface area contributed by atoms with Gasteiger partial charge in [0.1, 0.15) is 0 Å². The van der Waals surface area contributed by atoms with Gasteiger partial charge in [-0.25, -0.2) is 0 Å². The van der Waals surface area contributed by atoms with Crippen LogP contribution >= 0.6 is 0 Å². The molecule has 1 rings (SSSR count). The van der Waals surface area contributed by atoms with Gasteiger partial charge in [-0.3, -0.25) is 4.79 Å². The van der Waals surface area contributed by atoms with E-state index in [1.165, 1.54) is 25.7 Å². The third kappa shape index (κ3) is 4.05.